The Morgan fingerprint density at radius 2 is 1.62 bits per heavy atom. The highest BCUT2D eigenvalue weighted by atomic mass is 35.5. The highest BCUT2D eigenvalue weighted by Crippen LogP contribution is 2.30. The minimum atomic E-state index is 0. The number of rotatable bonds is 1. The van der Waals surface area contributed by atoms with Gasteiger partial charge in [0.2, 0.25) is 0 Å². The van der Waals surface area contributed by atoms with Crippen LogP contribution in [0, 0.1) is 6.92 Å². The first-order valence-corrected chi connectivity index (χ1v) is 4.82. The Labute approximate surface area is 101 Å². The fourth-order valence-electron chi connectivity index (χ4n) is 1.52. The van der Waals surface area contributed by atoms with E-state index in [2.05, 4.69) is 0 Å². The molecule has 0 atom stereocenters. The fourth-order valence-corrected chi connectivity index (χ4v) is 1.52. The lowest BCUT2D eigenvalue weighted by Gasteiger charge is -2.06. The van der Waals surface area contributed by atoms with Crippen molar-refractivity contribution >= 4 is 18.1 Å². The van der Waals surface area contributed by atoms with Crippen LogP contribution in [-0.4, -0.2) is 5.11 Å². The Bertz CT molecular complexity index is 480. The van der Waals surface area contributed by atoms with Crippen LogP contribution in [0.2, 0.25) is 0 Å². The first kappa shape index (κ1) is 12.4. The lowest BCUT2D eigenvalue weighted by molar-refractivity contribution is 0.477. The number of aromatic hydroxyl groups is 1. The summed E-state index contributed by atoms with van der Waals surface area (Å²) in [7, 11) is 0. The first-order chi connectivity index (χ1) is 7.16. The van der Waals surface area contributed by atoms with Gasteiger partial charge in [0.1, 0.15) is 5.75 Å². The van der Waals surface area contributed by atoms with Crippen molar-refractivity contribution in [1.29, 1.82) is 0 Å². The van der Waals surface area contributed by atoms with Gasteiger partial charge in [-0.3, -0.25) is 0 Å². The zero-order chi connectivity index (χ0) is 10.8. The Balaban J connectivity index is 0.00000128. The maximum absolute atomic E-state index is 9.70. The van der Waals surface area contributed by atoms with E-state index in [0.29, 0.717) is 5.69 Å². The molecule has 0 heterocycles. The molecule has 0 aliphatic rings. The van der Waals surface area contributed by atoms with Gasteiger partial charge >= 0.3 is 0 Å². The van der Waals surface area contributed by atoms with E-state index in [-0.39, 0.29) is 18.2 Å². The van der Waals surface area contributed by atoms with Gasteiger partial charge in [0.25, 0.3) is 0 Å². The molecule has 0 bridgehead atoms. The summed E-state index contributed by atoms with van der Waals surface area (Å²) in [5, 5.41) is 9.70. The van der Waals surface area contributed by atoms with Crippen LogP contribution in [0.5, 0.6) is 5.75 Å². The summed E-state index contributed by atoms with van der Waals surface area (Å²) in [5.41, 5.74) is 9.29. The number of hydrogen-bond acceptors (Lipinski definition) is 2. The van der Waals surface area contributed by atoms with Gasteiger partial charge in [-0.15, -0.1) is 12.4 Å². The third-order valence-corrected chi connectivity index (χ3v) is 2.38. The van der Waals surface area contributed by atoms with Gasteiger partial charge in [0, 0.05) is 11.3 Å². The quantitative estimate of drug-likeness (QED) is 0.588. The summed E-state index contributed by atoms with van der Waals surface area (Å²) < 4.78 is 0. The molecule has 0 saturated heterocycles. The van der Waals surface area contributed by atoms with Crippen LogP contribution in [0.1, 0.15) is 5.56 Å². The fraction of sp³-hybridized carbons (Fsp3) is 0.0769. The second-order valence-corrected chi connectivity index (χ2v) is 3.64. The molecule has 0 aliphatic carbocycles. The number of phenolic OH excluding ortho intramolecular Hbond substituents is 1. The highest BCUT2D eigenvalue weighted by Gasteiger charge is 2.03. The predicted octanol–water partition coefficient (Wildman–Crippen LogP) is 3.37. The van der Waals surface area contributed by atoms with Crippen molar-refractivity contribution in [3.05, 3.63) is 48.0 Å². The second-order valence-electron chi connectivity index (χ2n) is 3.64. The van der Waals surface area contributed by atoms with Crippen LogP contribution in [0.3, 0.4) is 0 Å². The summed E-state index contributed by atoms with van der Waals surface area (Å²) in [6.45, 7) is 2.03. The van der Waals surface area contributed by atoms with Crippen LogP contribution in [0.25, 0.3) is 11.1 Å². The Morgan fingerprint density at radius 1 is 1.00 bits per heavy atom. The molecule has 2 aromatic rings. The summed E-state index contributed by atoms with van der Waals surface area (Å²) in [6, 6.07) is 13.1. The van der Waals surface area contributed by atoms with E-state index in [1.54, 1.807) is 18.2 Å². The van der Waals surface area contributed by atoms with E-state index in [1.165, 1.54) is 5.56 Å². The number of benzene rings is 2. The third-order valence-electron chi connectivity index (χ3n) is 2.38. The Hall–Kier alpha value is -1.67. The molecule has 84 valence electrons. The maximum Gasteiger partial charge on any atom is 0.123 e. The van der Waals surface area contributed by atoms with Gasteiger partial charge in [-0.25, -0.2) is 0 Å². The Morgan fingerprint density at radius 3 is 2.25 bits per heavy atom. The number of nitrogens with two attached hydrogens (primary N) is 1. The van der Waals surface area contributed by atoms with Crippen LogP contribution in [-0.2, 0) is 0 Å². The van der Waals surface area contributed by atoms with Gasteiger partial charge < -0.3 is 10.8 Å². The van der Waals surface area contributed by atoms with Gasteiger partial charge in [0.15, 0.2) is 0 Å². The van der Waals surface area contributed by atoms with Gasteiger partial charge in [-0.1, -0.05) is 29.8 Å². The maximum atomic E-state index is 9.70. The number of halogens is 1. The van der Waals surface area contributed by atoms with Gasteiger partial charge in [0.05, 0.1) is 0 Å². The molecule has 0 spiro atoms. The average Bonchev–Trinajstić information content (AvgIpc) is 2.23. The molecular formula is C13H14ClNO. The summed E-state index contributed by atoms with van der Waals surface area (Å²) in [6.07, 6.45) is 0. The monoisotopic (exact) mass is 235 g/mol. The van der Waals surface area contributed by atoms with E-state index >= 15 is 0 Å². The number of nitrogen functional groups attached to an aromatic ring is 1. The highest BCUT2D eigenvalue weighted by molar-refractivity contribution is 5.85. The lowest BCUT2D eigenvalue weighted by atomic mass is 10.0. The molecule has 0 radical (unpaired) electrons. The zero-order valence-electron chi connectivity index (χ0n) is 8.97. The molecule has 2 aromatic carbocycles. The van der Waals surface area contributed by atoms with Crippen molar-refractivity contribution in [2.45, 2.75) is 6.92 Å². The molecule has 3 N–H and O–H groups in total. The SMILES string of the molecule is Cc1ccc(-c2cc(N)ccc2O)cc1.Cl. The molecule has 3 heteroatoms. The van der Waals surface area contributed by atoms with Crippen molar-refractivity contribution in [3.8, 4) is 16.9 Å². The smallest absolute Gasteiger partial charge is 0.123 e. The van der Waals surface area contributed by atoms with Crippen LogP contribution < -0.4 is 5.73 Å². The summed E-state index contributed by atoms with van der Waals surface area (Å²) in [4.78, 5) is 0. The molecule has 0 aromatic heterocycles. The first-order valence-electron chi connectivity index (χ1n) is 4.82. The van der Waals surface area contributed by atoms with E-state index in [9.17, 15) is 5.11 Å². The van der Waals surface area contributed by atoms with Crippen molar-refractivity contribution < 1.29 is 5.11 Å². The molecule has 0 saturated carbocycles. The molecule has 16 heavy (non-hydrogen) atoms. The van der Waals surface area contributed by atoms with Crippen molar-refractivity contribution in [2.75, 3.05) is 5.73 Å². The molecule has 2 nitrogen and oxygen atoms in total. The number of phenols is 1. The molecule has 0 amide bonds. The number of hydrogen-bond donors (Lipinski definition) is 2. The van der Waals surface area contributed by atoms with Gasteiger partial charge in [-0.2, -0.15) is 0 Å². The topological polar surface area (TPSA) is 46.2 Å². The van der Waals surface area contributed by atoms with Crippen molar-refractivity contribution in [3.63, 3.8) is 0 Å². The summed E-state index contributed by atoms with van der Waals surface area (Å²) >= 11 is 0. The number of aryl methyl sites for hydroxylation is 1. The molecular weight excluding hydrogens is 222 g/mol. The average molecular weight is 236 g/mol. The second kappa shape index (κ2) is 4.90. The minimum Gasteiger partial charge on any atom is -0.507 e. The molecule has 0 aliphatic heterocycles. The minimum absolute atomic E-state index is 0. The molecule has 0 fully saturated rings. The summed E-state index contributed by atoms with van der Waals surface area (Å²) in [5.74, 6) is 0.257. The molecule has 0 unspecified atom stereocenters. The standard InChI is InChI=1S/C13H13NO.ClH/c1-9-2-4-10(5-3-9)12-8-11(14)6-7-13(12)15;/h2-8,15H,14H2,1H3;1H. The van der Waals surface area contributed by atoms with Crippen molar-refractivity contribution in [2.24, 2.45) is 0 Å². The lowest BCUT2D eigenvalue weighted by Crippen LogP contribution is -1.86. The van der Waals surface area contributed by atoms with Crippen LogP contribution in [0.15, 0.2) is 42.5 Å². The van der Waals surface area contributed by atoms with E-state index in [1.807, 2.05) is 31.2 Å². The largest absolute Gasteiger partial charge is 0.507 e. The molecule has 2 rings (SSSR count). The Kier molecular flexibility index (Phi) is 3.80. The van der Waals surface area contributed by atoms with E-state index < -0.39 is 0 Å². The third kappa shape index (κ3) is 2.47. The van der Waals surface area contributed by atoms with Gasteiger partial charge in [-0.05, 0) is 30.7 Å². The zero-order valence-corrected chi connectivity index (χ0v) is 9.79. The van der Waals surface area contributed by atoms with Crippen LogP contribution >= 0.6 is 12.4 Å². The van der Waals surface area contributed by atoms with E-state index in [4.69, 9.17) is 5.73 Å². The predicted molar refractivity (Wildman–Crippen MR) is 69.9 cm³/mol. The van der Waals surface area contributed by atoms with Crippen molar-refractivity contribution in [1.82, 2.24) is 0 Å². The normalized spacial score (nSPS) is 9.56. The van der Waals surface area contributed by atoms with E-state index in [0.717, 1.165) is 11.1 Å². The number of anilines is 1. The van der Waals surface area contributed by atoms with Crippen LogP contribution in [0.4, 0.5) is 5.69 Å².